The second kappa shape index (κ2) is 5.40. The summed E-state index contributed by atoms with van der Waals surface area (Å²) < 4.78 is 13.1. The first-order chi connectivity index (χ1) is 9.63. The van der Waals surface area contributed by atoms with E-state index in [-0.39, 0.29) is 11.6 Å². The van der Waals surface area contributed by atoms with E-state index in [4.69, 9.17) is 5.73 Å². The molecule has 1 atom stereocenters. The van der Waals surface area contributed by atoms with Crippen LogP contribution in [0.25, 0.3) is 0 Å². The summed E-state index contributed by atoms with van der Waals surface area (Å²) in [7, 11) is 0. The SMILES string of the molecule is Nc1cc(C(=O)NCC2CCN(C3CC3)C2)ccc1F. The molecule has 3 N–H and O–H groups in total. The van der Waals surface area contributed by atoms with Crippen LogP contribution in [0.2, 0.25) is 0 Å². The van der Waals surface area contributed by atoms with Gasteiger partial charge >= 0.3 is 0 Å². The van der Waals surface area contributed by atoms with Crippen molar-refractivity contribution in [2.45, 2.75) is 25.3 Å². The molecule has 2 fully saturated rings. The first kappa shape index (κ1) is 13.4. The molecule has 0 spiro atoms. The third-order valence-corrected chi connectivity index (χ3v) is 4.19. The molecule has 0 radical (unpaired) electrons. The third kappa shape index (κ3) is 2.93. The van der Waals surface area contributed by atoms with Gasteiger partial charge in [0.1, 0.15) is 5.82 Å². The number of amides is 1. The van der Waals surface area contributed by atoms with Crippen LogP contribution in [0, 0.1) is 11.7 Å². The number of rotatable bonds is 4. The van der Waals surface area contributed by atoms with Crippen LogP contribution in [0.4, 0.5) is 10.1 Å². The van der Waals surface area contributed by atoms with Crippen LogP contribution >= 0.6 is 0 Å². The Morgan fingerprint density at radius 1 is 1.40 bits per heavy atom. The van der Waals surface area contributed by atoms with E-state index in [9.17, 15) is 9.18 Å². The number of nitrogens with one attached hydrogen (secondary N) is 1. The lowest BCUT2D eigenvalue weighted by Gasteiger charge is -2.15. The van der Waals surface area contributed by atoms with Crippen LogP contribution in [-0.2, 0) is 0 Å². The average molecular weight is 277 g/mol. The van der Waals surface area contributed by atoms with E-state index in [0.717, 1.165) is 25.6 Å². The van der Waals surface area contributed by atoms with E-state index in [1.54, 1.807) is 0 Å². The Morgan fingerprint density at radius 2 is 2.20 bits per heavy atom. The number of carbonyl (C=O) groups is 1. The molecule has 1 aliphatic carbocycles. The van der Waals surface area contributed by atoms with Gasteiger partial charge in [-0.1, -0.05) is 0 Å². The first-order valence-electron chi connectivity index (χ1n) is 7.21. The minimum absolute atomic E-state index is 0.0124. The molecule has 0 bridgehead atoms. The molecular formula is C15H20FN3O. The summed E-state index contributed by atoms with van der Waals surface area (Å²) in [6.07, 6.45) is 3.80. The second-order valence-corrected chi connectivity index (χ2v) is 5.83. The molecule has 1 aromatic carbocycles. The van der Waals surface area contributed by atoms with Gasteiger partial charge in [-0.2, -0.15) is 0 Å². The summed E-state index contributed by atoms with van der Waals surface area (Å²) >= 11 is 0. The summed E-state index contributed by atoms with van der Waals surface area (Å²) in [5, 5.41) is 2.92. The number of nitrogens with two attached hydrogens (primary N) is 1. The maximum atomic E-state index is 13.1. The Labute approximate surface area is 118 Å². The first-order valence-corrected chi connectivity index (χ1v) is 7.21. The zero-order valence-corrected chi connectivity index (χ0v) is 11.4. The number of nitrogens with zero attached hydrogens (tertiary/aromatic N) is 1. The smallest absolute Gasteiger partial charge is 0.251 e. The van der Waals surface area contributed by atoms with Crippen molar-refractivity contribution in [3.63, 3.8) is 0 Å². The molecule has 1 heterocycles. The maximum Gasteiger partial charge on any atom is 0.251 e. The number of carbonyl (C=O) groups excluding carboxylic acids is 1. The molecule has 3 rings (SSSR count). The fourth-order valence-corrected chi connectivity index (χ4v) is 2.82. The highest BCUT2D eigenvalue weighted by molar-refractivity contribution is 5.95. The predicted molar refractivity (Wildman–Crippen MR) is 75.8 cm³/mol. The molecule has 1 aliphatic heterocycles. The van der Waals surface area contributed by atoms with Gasteiger partial charge in [-0.25, -0.2) is 4.39 Å². The van der Waals surface area contributed by atoms with Crippen molar-refractivity contribution in [1.29, 1.82) is 0 Å². The number of benzene rings is 1. The molecule has 1 amide bonds. The number of hydrogen-bond acceptors (Lipinski definition) is 3. The zero-order valence-electron chi connectivity index (χ0n) is 11.4. The van der Waals surface area contributed by atoms with Gasteiger partial charge in [0, 0.05) is 24.7 Å². The molecule has 0 aromatic heterocycles. The number of hydrogen-bond donors (Lipinski definition) is 2. The molecule has 4 nitrogen and oxygen atoms in total. The van der Waals surface area contributed by atoms with E-state index in [1.165, 1.54) is 31.0 Å². The van der Waals surface area contributed by atoms with Crippen LogP contribution in [0.5, 0.6) is 0 Å². The number of halogens is 1. The van der Waals surface area contributed by atoms with E-state index in [1.807, 2.05) is 0 Å². The van der Waals surface area contributed by atoms with E-state index < -0.39 is 5.82 Å². The summed E-state index contributed by atoms with van der Waals surface area (Å²) in [5.41, 5.74) is 5.90. The van der Waals surface area contributed by atoms with Gasteiger partial charge in [0.2, 0.25) is 0 Å². The molecule has 2 aliphatic rings. The summed E-state index contributed by atoms with van der Waals surface area (Å²) in [6.45, 7) is 2.91. The Balaban J connectivity index is 1.50. The third-order valence-electron chi connectivity index (χ3n) is 4.19. The number of likely N-dealkylation sites (tertiary alicyclic amines) is 1. The Morgan fingerprint density at radius 3 is 2.90 bits per heavy atom. The van der Waals surface area contributed by atoms with E-state index in [0.29, 0.717) is 18.0 Å². The monoisotopic (exact) mass is 277 g/mol. The van der Waals surface area contributed by atoms with Crippen LogP contribution < -0.4 is 11.1 Å². The summed E-state index contributed by atoms with van der Waals surface area (Å²) in [6, 6.07) is 4.88. The van der Waals surface area contributed by atoms with Crippen molar-refractivity contribution < 1.29 is 9.18 Å². The topological polar surface area (TPSA) is 58.4 Å². The van der Waals surface area contributed by atoms with Crippen LogP contribution in [0.15, 0.2) is 18.2 Å². The lowest BCUT2D eigenvalue weighted by Crippen LogP contribution is -2.31. The Bertz CT molecular complexity index is 516. The highest BCUT2D eigenvalue weighted by Gasteiger charge is 2.34. The quantitative estimate of drug-likeness (QED) is 0.822. The standard InChI is InChI=1S/C15H20FN3O/c16-13-4-1-11(7-14(13)17)15(20)18-8-10-5-6-19(9-10)12-2-3-12/h1,4,7,10,12H,2-3,5-6,8-9,17H2,(H,18,20). The largest absolute Gasteiger partial charge is 0.396 e. The highest BCUT2D eigenvalue weighted by Crippen LogP contribution is 2.31. The van der Waals surface area contributed by atoms with E-state index >= 15 is 0 Å². The predicted octanol–water partition coefficient (Wildman–Crippen LogP) is 1.62. The minimum Gasteiger partial charge on any atom is -0.396 e. The van der Waals surface area contributed by atoms with Crippen molar-refractivity contribution in [3.05, 3.63) is 29.6 Å². The van der Waals surface area contributed by atoms with Crippen LogP contribution in [0.3, 0.4) is 0 Å². The van der Waals surface area contributed by atoms with Crippen molar-refractivity contribution in [2.24, 2.45) is 5.92 Å². The molecule has 1 saturated heterocycles. The van der Waals surface area contributed by atoms with Crippen molar-refractivity contribution in [2.75, 3.05) is 25.4 Å². The van der Waals surface area contributed by atoms with Crippen molar-refractivity contribution in [1.82, 2.24) is 10.2 Å². The van der Waals surface area contributed by atoms with Gasteiger partial charge < -0.3 is 16.0 Å². The molecule has 5 heteroatoms. The van der Waals surface area contributed by atoms with Crippen molar-refractivity contribution in [3.8, 4) is 0 Å². The van der Waals surface area contributed by atoms with Gasteiger partial charge in [0.25, 0.3) is 5.91 Å². The number of nitrogen functional groups attached to an aromatic ring is 1. The minimum atomic E-state index is -0.489. The fourth-order valence-electron chi connectivity index (χ4n) is 2.82. The molecule has 1 unspecified atom stereocenters. The van der Waals surface area contributed by atoms with Gasteiger partial charge in [-0.3, -0.25) is 4.79 Å². The van der Waals surface area contributed by atoms with E-state index in [2.05, 4.69) is 10.2 Å². The lowest BCUT2D eigenvalue weighted by molar-refractivity contribution is 0.0947. The summed E-state index contributed by atoms with van der Waals surface area (Å²) in [4.78, 5) is 14.5. The number of anilines is 1. The lowest BCUT2D eigenvalue weighted by atomic mass is 10.1. The zero-order chi connectivity index (χ0) is 14.1. The van der Waals surface area contributed by atoms with Gasteiger partial charge in [0.15, 0.2) is 0 Å². The van der Waals surface area contributed by atoms with Crippen LogP contribution in [-0.4, -0.2) is 36.5 Å². The van der Waals surface area contributed by atoms with Crippen LogP contribution in [0.1, 0.15) is 29.6 Å². The molecular weight excluding hydrogens is 257 g/mol. The Kier molecular flexibility index (Phi) is 3.61. The maximum absolute atomic E-state index is 13.1. The van der Waals surface area contributed by atoms with Gasteiger partial charge in [-0.05, 0) is 49.9 Å². The molecule has 1 aromatic rings. The highest BCUT2D eigenvalue weighted by atomic mass is 19.1. The Hall–Kier alpha value is -1.62. The normalized spacial score (nSPS) is 22.9. The average Bonchev–Trinajstić information content (AvgIpc) is 3.18. The molecule has 1 saturated carbocycles. The van der Waals surface area contributed by atoms with Crippen molar-refractivity contribution >= 4 is 11.6 Å². The van der Waals surface area contributed by atoms with Gasteiger partial charge in [-0.15, -0.1) is 0 Å². The molecule has 108 valence electrons. The van der Waals surface area contributed by atoms with Gasteiger partial charge in [0.05, 0.1) is 5.69 Å². The summed E-state index contributed by atoms with van der Waals surface area (Å²) in [5.74, 6) is -0.142. The molecule has 20 heavy (non-hydrogen) atoms. The fraction of sp³-hybridized carbons (Fsp3) is 0.533. The second-order valence-electron chi connectivity index (χ2n) is 5.83.